The Bertz CT molecular complexity index is 601. The molecule has 98 valence electrons. The summed E-state index contributed by atoms with van der Waals surface area (Å²) in [5.41, 5.74) is 1.13. The summed E-state index contributed by atoms with van der Waals surface area (Å²) >= 11 is 14.9. The lowest BCUT2D eigenvalue weighted by molar-refractivity contribution is 0.262. The molecular weight excluding hydrogens is 353 g/mol. The van der Waals surface area contributed by atoms with Crippen molar-refractivity contribution in [2.45, 2.75) is 0 Å². The van der Waals surface area contributed by atoms with Crippen molar-refractivity contribution in [1.29, 1.82) is 0 Å². The highest BCUT2D eigenvalue weighted by Crippen LogP contribution is 2.22. The Morgan fingerprint density at radius 3 is 2.32 bits per heavy atom. The fraction of sp³-hybridized carbons (Fsp3) is 0. The number of pyridine rings is 1. The van der Waals surface area contributed by atoms with Gasteiger partial charge in [0.2, 0.25) is 0 Å². The molecule has 4 nitrogen and oxygen atoms in total. The molecule has 0 bridgehead atoms. The van der Waals surface area contributed by atoms with Crippen LogP contribution in [0.2, 0.25) is 10.0 Å². The lowest BCUT2D eigenvalue weighted by atomic mass is 10.3. The fourth-order valence-corrected chi connectivity index (χ4v) is 2.29. The number of rotatable bonds is 2. The van der Waals surface area contributed by atoms with Crippen LogP contribution in [0.1, 0.15) is 0 Å². The first-order chi connectivity index (χ1) is 9.02. The van der Waals surface area contributed by atoms with Crippen LogP contribution in [0.15, 0.2) is 41.1 Å². The molecule has 2 N–H and O–H groups in total. The van der Waals surface area contributed by atoms with Crippen molar-refractivity contribution in [3.8, 4) is 0 Å². The second-order valence-corrected chi connectivity index (χ2v) is 5.29. The zero-order chi connectivity index (χ0) is 13.8. The van der Waals surface area contributed by atoms with E-state index in [-0.39, 0.29) is 0 Å². The summed E-state index contributed by atoms with van der Waals surface area (Å²) in [6.45, 7) is 0. The maximum Gasteiger partial charge on any atom is 0.323 e. The van der Waals surface area contributed by atoms with Crippen molar-refractivity contribution in [3.63, 3.8) is 0 Å². The standard InChI is InChI=1S/C12H8BrCl2N3O/c13-11-6-9(1-2-16-11)17-12(19)18-10-4-7(14)3-8(15)5-10/h1-6H,(H2,16,17,18,19). The number of urea groups is 1. The number of amides is 2. The van der Waals surface area contributed by atoms with Gasteiger partial charge in [-0.25, -0.2) is 9.78 Å². The van der Waals surface area contributed by atoms with Gasteiger partial charge in [-0.05, 0) is 46.3 Å². The lowest BCUT2D eigenvalue weighted by Crippen LogP contribution is -2.19. The highest BCUT2D eigenvalue weighted by molar-refractivity contribution is 9.10. The summed E-state index contributed by atoms with van der Waals surface area (Å²) in [6.07, 6.45) is 1.58. The van der Waals surface area contributed by atoms with Gasteiger partial charge in [0.1, 0.15) is 4.60 Å². The lowest BCUT2D eigenvalue weighted by Gasteiger charge is -2.08. The van der Waals surface area contributed by atoms with Gasteiger partial charge in [-0.2, -0.15) is 0 Å². The van der Waals surface area contributed by atoms with Gasteiger partial charge < -0.3 is 10.6 Å². The van der Waals surface area contributed by atoms with Crippen molar-refractivity contribution in [1.82, 2.24) is 4.98 Å². The predicted octanol–water partition coefficient (Wildman–Crippen LogP) is 4.79. The van der Waals surface area contributed by atoms with Crippen LogP contribution in [-0.2, 0) is 0 Å². The smallest absolute Gasteiger partial charge is 0.308 e. The van der Waals surface area contributed by atoms with Crippen molar-refractivity contribution >= 4 is 56.5 Å². The number of hydrogen-bond donors (Lipinski definition) is 2. The molecule has 0 fully saturated rings. The van der Waals surface area contributed by atoms with Crippen LogP contribution in [0.4, 0.5) is 16.2 Å². The van der Waals surface area contributed by atoms with Gasteiger partial charge in [-0.15, -0.1) is 0 Å². The van der Waals surface area contributed by atoms with Crippen molar-refractivity contribution < 1.29 is 4.79 Å². The maximum absolute atomic E-state index is 11.8. The molecule has 0 unspecified atom stereocenters. The highest BCUT2D eigenvalue weighted by atomic mass is 79.9. The Morgan fingerprint density at radius 2 is 1.68 bits per heavy atom. The summed E-state index contributed by atoms with van der Waals surface area (Å²) in [5.74, 6) is 0. The number of nitrogens with zero attached hydrogens (tertiary/aromatic N) is 1. The molecule has 2 rings (SSSR count). The number of aromatic nitrogens is 1. The van der Waals surface area contributed by atoms with Crippen molar-refractivity contribution in [2.24, 2.45) is 0 Å². The van der Waals surface area contributed by atoms with Gasteiger partial charge in [0.05, 0.1) is 0 Å². The molecule has 0 aliphatic rings. The second kappa shape index (κ2) is 6.23. The Morgan fingerprint density at radius 1 is 1.05 bits per heavy atom. The van der Waals surface area contributed by atoms with E-state index in [2.05, 4.69) is 31.5 Å². The molecule has 1 aromatic carbocycles. The Labute approximate surface area is 128 Å². The molecule has 2 amide bonds. The van der Waals surface area contributed by atoms with E-state index in [1.54, 1.807) is 36.5 Å². The highest BCUT2D eigenvalue weighted by Gasteiger charge is 2.05. The van der Waals surface area contributed by atoms with Gasteiger partial charge >= 0.3 is 6.03 Å². The number of halogens is 3. The average Bonchev–Trinajstić information content (AvgIpc) is 2.26. The van der Waals surface area contributed by atoms with E-state index < -0.39 is 6.03 Å². The van der Waals surface area contributed by atoms with E-state index in [1.807, 2.05) is 0 Å². The van der Waals surface area contributed by atoms with Gasteiger partial charge in [-0.3, -0.25) is 0 Å². The minimum Gasteiger partial charge on any atom is -0.308 e. The first-order valence-corrected chi connectivity index (χ1v) is 6.73. The van der Waals surface area contributed by atoms with Gasteiger partial charge in [0.25, 0.3) is 0 Å². The molecule has 0 spiro atoms. The Hall–Kier alpha value is -1.30. The van der Waals surface area contributed by atoms with Crippen LogP contribution in [0, 0.1) is 0 Å². The number of nitrogens with one attached hydrogen (secondary N) is 2. The third kappa shape index (κ3) is 4.38. The molecule has 0 aliphatic carbocycles. The number of benzene rings is 1. The van der Waals surface area contributed by atoms with E-state index in [1.165, 1.54) is 0 Å². The molecule has 2 aromatic rings. The predicted molar refractivity (Wildman–Crippen MR) is 81.0 cm³/mol. The van der Waals surface area contributed by atoms with Crippen LogP contribution in [0.5, 0.6) is 0 Å². The summed E-state index contributed by atoms with van der Waals surface area (Å²) in [5, 5.41) is 6.21. The van der Waals surface area contributed by atoms with E-state index in [0.29, 0.717) is 26.0 Å². The first kappa shape index (κ1) is 14.1. The SMILES string of the molecule is O=C(Nc1cc(Cl)cc(Cl)c1)Nc1ccnc(Br)c1. The van der Waals surface area contributed by atoms with E-state index in [0.717, 1.165) is 0 Å². The molecule has 19 heavy (non-hydrogen) atoms. The minimum absolute atomic E-state index is 0.392. The molecular formula is C12H8BrCl2N3O. The van der Waals surface area contributed by atoms with Crippen LogP contribution in [-0.4, -0.2) is 11.0 Å². The van der Waals surface area contributed by atoms with E-state index >= 15 is 0 Å². The Balaban J connectivity index is 2.05. The van der Waals surface area contributed by atoms with E-state index in [9.17, 15) is 4.79 Å². The molecule has 1 heterocycles. The topological polar surface area (TPSA) is 54.0 Å². The minimum atomic E-state index is -0.392. The molecule has 0 radical (unpaired) electrons. The molecule has 0 saturated carbocycles. The summed E-state index contributed by atoms with van der Waals surface area (Å²) in [6, 6.07) is 7.77. The third-order valence-corrected chi connectivity index (χ3v) is 2.97. The van der Waals surface area contributed by atoms with Crippen molar-refractivity contribution in [2.75, 3.05) is 10.6 Å². The summed E-state index contributed by atoms with van der Waals surface area (Å²) < 4.78 is 0.635. The first-order valence-electron chi connectivity index (χ1n) is 5.18. The average molecular weight is 361 g/mol. The zero-order valence-corrected chi connectivity index (χ0v) is 12.6. The fourth-order valence-electron chi connectivity index (χ4n) is 1.40. The molecule has 0 aliphatic heterocycles. The molecule has 0 atom stereocenters. The van der Waals surface area contributed by atoms with Crippen LogP contribution in [0.3, 0.4) is 0 Å². The van der Waals surface area contributed by atoms with E-state index in [4.69, 9.17) is 23.2 Å². The quantitative estimate of drug-likeness (QED) is 0.756. The summed E-state index contributed by atoms with van der Waals surface area (Å²) in [4.78, 5) is 15.7. The normalized spacial score (nSPS) is 10.1. The van der Waals surface area contributed by atoms with Gasteiger partial charge in [0.15, 0.2) is 0 Å². The van der Waals surface area contributed by atoms with Crippen LogP contribution < -0.4 is 10.6 Å². The molecule has 1 aromatic heterocycles. The number of carbonyl (C=O) groups is 1. The van der Waals surface area contributed by atoms with Gasteiger partial charge in [-0.1, -0.05) is 23.2 Å². The van der Waals surface area contributed by atoms with Crippen molar-refractivity contribution in [3.05, 3.63) is 51.2 Å². The summed E-state index contributed by atoms with van der Waals surface area (Å²) in [7, 11) is 0. The van der Waals surface area contributed by atoms with Crippen LogP contribution in [0.25, 0.3) is 0 Å². The zero-order valence-electron chi connectivity index (χ0n) is 9.45. The largest absolute Gasteiger partial charge is 0.323 e. The number of anilines is 2. The second-order valence-electron chi connectivity index (χ2n) is 3.60. The maximum atomic E-state index is 11.8. The van der Waals surface area contributed by atoms with Crippen LogP contribution >= 0.6 is 39.1 Å². The molecule has 7 heteroatoms. The Kier molecular flexibility index (Phi) is 4.63. The number of hydrogen-bond acceptors (Lipinski definition) is 2. The third-order valence-electron chi connectivity index (χ3n) is 2.10. The van der Waals surface area contributed by atoms with Gasteiger partial charge in [0, 0.05) is 27.6 Å². The molecule has 0 saturated heterocycles. The monoisotopic (exact) mass is 359 g/mol. The number of carbonyl (C=O) groups excluding carboxylic acids is 1.